The molecule has 0 saturated carbocycles. The Labute approximate surface area is 118 Å². The second-order valence-electron chi connectivity index (χ2n) is 5.44. The number of piperidine rings is 1. The van der Waals surface area contributed by atoms with Gasteiger partial charge in [-0.3, -0.25) is 9.69 Å². The predicted molar refractivity (Wildman–Crippen MR) is 80.3 cm³/mol. The summed E-state index contributed by atoms with van der Waals surface area (Å²) < 4.78 is 0. The van der Waals surface area contributed by atoms with Gasteiger partial charge >= 0.3 is 0 Å². The Morgan fingerprint density at radius 3 is 2.37 bits per heavy atom. The molecule has 0 aromatic rings. The Morgan fingerprint density at radius 1 is 1.21 bits per heavy atom. The minimum absolute atomic E-state index is 0.302. The number of nitrogens with zero attached hydrogens (tertiary/aromatic N) is 2. The number of carbonyl (C=O) groups excluding carboxylic acids is 1. The van der Waals surface area contributed by atoms with Crippen LogP contribution in [0.1, 0.15) is 46.5 Å². The molecule has 4 heteroatoms. The van der Waals surface area contributed by atoms with Gasteiger partial charge in [-0.25, -0.2) is 0 Å². The molecule has 1 heterocycles. The van der Waals surface area contributed by atoms with Gasteiger partial charge in [-0.1, -0.05) is 20.8 Å². The Morgan fingerprint density at radius 2 is 1.89 bits per heavy atom. The fourth-order valence-electron chi connectivity index (χ4n) is 2.82. The molecule has 1 fully saturated rings. The molecule has 1 rings (SSSR count). The van der Waals surface area contributed by atoms with E-state index < -0.39 is 0 Å². The molecule has 0 aromatic heterocycles. The summed E-state index contributed by atoms with van der Waals surface area (Å²) >= 11 is 0. The monoisotopic (exact) mass is 269 g/mol. The van der Waals surface area contributed by atoms with Crippen LogP contribution in [0.4, 0.5) is 0 Å². The number of likely N-dealkylation sites (N-methyl/N-ethyl adjacent to an activating group) is 1. The minimum Gasteiger partial charge on any atom is -0.342 e. The zero-order valence-electron chi connectivity index (χ0n) is 13.0. The van der Waals surface area contributed by atoms with Gasteiger partial charge in [0, 0.05) is 25.7 Å². The molecule has 0 bridgehead atoms. The molecule has 1 unspecified atom stereocenters. The van der Waals surface area contributed by atoms with E-state index in [-0.39, 0.29) is 0 Å². The number of hydrogen-bond donors (Lipinski definition) is 1. The lowest BCUT2D eigenvalue weighted by Gasteiger charge is -2.34. The van der Waals surface area contributed by atoms with E-state index in [1.807, 2.05) is 4.90 Å². The van der Waals surface area contributed by atoms with Gasteiger partial charge in [0.2, 0.25) is 5.91 Å². The van der Waals surface area contributed by atoms with Gasteiger partial charge in [0.25, 0.3) is 0 Å². The normalized spacial score (nSPS) is 19.7. The topological polar surface area (TPSA) is 35.6 Å². The van der Waals surface area contributed by atoms with Crippen molar-refractivity contribution < 1.29 is 4.79 Å². The van der Waals surface area contributed by atoms with E-state index in [4.69, 9.17) is 0 Å². The van der Waals surface area contributed by atoms with Gasteiger partial charge in [0.15, 0.2) is 0 Å². The van der Waals surface area contributed by atoms with Gasteiger partial charge in [-0.2, -0.15) is 0 Å². The standard InChI is InChI=1S/C15H31N3O/c1-4-10-18(11-5-2)15(19)13-17(6-3)14-8-7-9-16-12-14/h14,16H,4-13H2,1-3H3. The first-order chi connectivity index (χ1) is 9.22. The fourth-order valence-corrected chi connectivity index (χ4v) is 2.82. The molecule has 19 heavy (non-hydrogen) atoms. The maximum absolute atomic E-state index is 12.4. The number of carbonyl (C=O) groups is 1. The van der Waals surface area contributed by atoms with Crippen molar-refractivity contribution in [2.75, 3.05) is 39.3 Å². The molecule has 1 N–H and O–H groups in total. The predicted octanol–water partition coefficient (Wildman–Crippen LogP) is 1.71. The van der Waals surface area contributed by atoms with E-state index in [0.29, 0.717) is 18.5 Å². The van der Waals surface area contributed by atoms with Crippen LogP contribution in [0.15, 0.2) is 0 Å². The number of rotatable bonds is 8. The van der Waals surface area contributed by atoms with E-state index in [1.54, 1.807) is 0 Å². The van der Waals surface area contributed by atoms with E-state index in [9.17, 15) is 4.79 Å². The lowest BCUT2D eigenvalue weighted by atomic mass is 10.1. The van der Waals surface area contributed by atoms with Crippen molar-refractivity contribution in [3.8, 4) is 0 Å². The third kappa shape index (κ3) is 5.49. The quantitative estimate of drug-likeness (QED) is 0.728. The molecular formula is C15H31N3O. The van der Waals surface area contributed by atoms with Crippen molar-refractivity contribution in [1.82, 2.24) is 15.1 Å². The zero-order valence-corrected chi connectivity index (χ0v) is 13.0. The molecule has 0 aliphatic carbocycles. The maximum atomic E-state index is 12.4. The third-order valence-corrected chi connectivity index (χ3v) is 3.87. The van der Waals surface area contributed by atoms with Crippen LogP contribution in [-0.2, 0) is 4.79 Å². The molecule has 0 aromatic carbocycles. The van der Waals surface area contributed by atoms with Crippen molar-refractivity contribution in [2.24, 2.45) is 0 Å². The van der Waals surface area contributed by atoms with Crippen LogP contribution in [-0.4, -0.2) is 61.0 Å². The highest BCUT2D eigenvalue weighted by Gasteiger charge is 2.23. The summed E-state index contributed by atoms with van der Waals surface area (Å²) in [7, 11) is 0. The summed E-state index contributed by atoms with van der Waals surface area (Å²) in [5.41, 5.74) is 0. The highest BCUT2D eigenvalue weighted by molar-refractivity contribution is 5.78. The average molecular weight is 269 g/mol. The summed E-state index contributed by atoms with van der Waals surface area (Å²) in [4.78, 5) is 16.8. The summed E-state index contributed by atoms with van der Waals surface area (Å²) in [5, 5.41) is 3.44. The lowest BCUT2D eigenvalue weighted by molar-refractivity contribution is -0.133. The van der Waals surface area contributed by atoms with Crippen LogP contribution in [0.25, 0.3) is 0 Å². The summed E-state index contributed by atoms with van der Waals surface area (Å²) in [6, 6.07) is 0.535. The molecule has 0 radical (unpaired) electrons. The first kappa shape index (κ1) is 16.4. The Hall–Kier alpha value is -0.610. The number of hydrogen-bond acceptors (Lipinski definition) is 3. The molecule has 112 valence electrons. The first-order valence-electron chi connectivity index (χ1n) is 7.95. The fraction of sp³-hybridized carbons (Fsp3) is 0.933. The van der Waals surface area contributed by atoms with Gasteiger partial charge in [-0.15, -0.1) is 0 Å². The third-order valence-electron chi connectivity index (χ3n) is 3.87. The Kier molecular flexibility index (Phi) is 8.07. The highest BCUT2D eigenvalue weighted by Crippen LogP contribution is 2.10. The van der Waals surface area contributed by atoms with Gasteiger partial charge in [-0.05, 0) is 38.8 Å². The molecule has 1 aliphatic rings. The number of amides is 1. The molecule has 1 saturated heterocycles. The molecule has 0 spiro atoms. The minimum atomic E-state index is 0.302. The lowest BCUT2D eigenvalue weighted by Crippen LogP contribution is -2.50. The van der Waals surface area contributed by atoms with Crippen LogP contribution in [0, 0.1) is 0 Å². The van der Waals surface area contributed by atoms with Crippen molar-refractivity contribution in [1.29, 1.82) is 0 Å². The molecule has 4 nitrogen and oxygen atoms in total. The number of nitrogens with one attached hydrogen (secondary N) is 1. The van der Waals surface area contributed by atoms with Crippen LogP contribution in [0.3, 0.4) is 0 Å². The molecule has 1 atom stereocenters. The van der Waals surface area contributed by atoms with Crippen LogP contribution < -0.4 is 5.32 Å². The second-order valence-corrected chi connectivity index (χ2v) is 5.44. The summed E-state index contributed by atoms with van der Waals surface area (Å²) in [5.74, 6) is 0.302. The summed E-state index contributed by atoms with van der Waals surface area (Å²) in [6.45, 7) is 11.9. The summed E-state index contributed by atoms with van der Waals surface area (Å²) in [6.07, 6.45) is 4.53. The van der Waals surface area contributed by atoms with Crippen molar-refractivity contribution in [3.63, 3.8) is 0 Å². The smallest absolute Gasteiger partial charge is 0.236 e. The van der Waals surface area contributed by atoms with Crippen LogP contribution in [0.2, 0.25) is 0 Å². The zero-order chi connectivity index (χ0) is 14.1. The molecular weight excluding hydrogens is 238 g/mol. The van der Waals surface area contributed by atoms with E-state index >= 15 is 0 Å². The average Bonchev–Trinajstić information content (AvgIpc) is 2.45. The Bertz CT molecular complexity index is 246. The highest BCUT2D eigenvalue weighted by atomic mass is 16.2. The van der Waals surface area contributed by atoms with E-state index in [0.717, 1.165) is 45.6 Å². The van der Waals surface area contributed by atoms with Crippen molar-refractivity contribution in [3.05, 3.63) is 0 Å². The largest absolute Gasteiger partial charge is 0.342 e. The van der Waals surface area contributed by atoms with Crippen molar-refractivity contribution in [2.45, 2.75) is 52.5 Å². The SMILES string of the molecule is CCCN(CCC)C(=O)CN(CC)C1CCCNC1. The van der Waals surface area contributed by atoms with Gasteiger partial charge in [0.05, 0.1) is 6.54 Å². The van der Waals surface area contributed by atoms with Gasteiger partial charge < -0.3 is 10.2 Å². The van der Waals surface area contributed by atoms with Gasteiger partial charge in [0.1, 0.15) is 0 Å². The molecule has 1 aliphatic heterocycles. The van der Waals surface area contributed by atoms with Crippen molar-refractivity contribution >= 4 is 5.91 Å². The van der Waals surface area contributed by atoms with E-state index in [2.05, 4.69) is 31.0 Å². The van der Waals surface area contributed by atoms with Crippen LogP contribution >= 0.6 is 0 Å². The maximum Gasteiger partial charge on any atom is 0.236 e. The second kappa shape index (κ2) is 9.32. The molecule has 1 amide bonds. The van der Waals surface area contributed by atoms with E-state index in [1.165, 1.54) is 12.8 Å². The van der Waals surface area contributed by atoms with Crippen LogP contribution in [0.5, 0.6) is 0 Å². The Balaban J connectivity index is 2.49. The first-order valence-corrected chi connectivity index (χ1v) is 7.95.